The molecule has 0 spiro atoms. The van der Waals surface area contributed by atoms with Crippen LogP contribution in [-0.4, -0.2) is 186 Å². The lowest BCUT2D eigenvalue weighted by Gasteiger charge is -2.26. The third-order valence-corrected chi connectivity index (χ3v) is 13.4. The Balaban J connectivity index is 4.54. The molecule has 0 aliphatic heterocycles. The van der Waals surface area contributed by atoms with Gasteiger partial charge in [0, 0.05) is 62.0 Å². The summed E-state index contributed by atoms with van der Waals surface area (Å²) in [6.07, 6.45) is 24.1. The number of nitrogens with two attached hydrogens (primary N) is 2. The van der Waals surface area contributed by atoms with Crippen LogP contribution in [0.5, 0.6) is 0 Å². The van der Waals surface area contributed by atoms with E-state index in [4.69, 9.17) is 16.6 Å². The van der Waals surface area contributed by atoms with E-state index in [1.54, 1.807) is 80.7 Å². The van der Waals surface area contributed by atoms with Crippen LogP contribution in [0.25, 0.3) is 0 Å². The molecule has 470 valence electrons. The quantitative estimate of drug-likeness (QED) is 0.0104. The minimum Gasteiger partial charge on any atom is -0.478 e. The van der Waals surface area contributed by atoms with Crippen LogP contribution in [0.3, 0.4) is 0 Å². The van der Waals surface area contributed by atoms with Crippen molar-refractivity contribution in [2.75, 3.05) is 6.54 Å². The van der Waals surface area contributed by atoms with Crippen molar-refractivity contribution in [3.05, 3.63) is 145 Å². The third-order valence-electron chi connectivity index (χ3n) is 13.4. The van der Waals surface area contributed by atoms with Crippen molar-refractivity contribution >= 4 is 17.7 Å². The highest BCUT2D eigenvalue weighted by Crippen LogP contribution is 2.21. The van der Waals surface area contributed by atoms with Crippen molar-refractivity contribution in [2.45, 2.75) is 203 Å². The fraction of sp³-hybridized carbons (Fsp3) is 0.571. The predicted octanol–water partition coefficient (Wildman–Crippen LogP) is 3.40. The maximum absolute atomic E-state index is 12.8. The summed E-state index contributed by atoms with van der Waals surface area (Å²) in [5, 5.41) is 154. The first-order valence-electron chi connectivity index (χ1n) is 28.6. The maximum atomic E-state index is 12.8. The number of carbonyl (C=O) groups excluding carboxylic acids is 1. The number of Topliss-reactive ketones (excluding diaryl/α,β-unsaturated/α-hetero) is 1. The van der Waals surface area contributed by atoms with Crippen LogP contribution in [0.15, 0.2) is 150 Å². The van der Waals surface area contributed by atoms with Crippen molar-refractivity contribution in [1.29, 1.82) is 0 Å². The number of hydrogen-bond acceptors (Lipinski definition) is 17. The number of rotatable bonds is 46. The van der Waals surface area contributed by atoms with Gasteiger partial charge < -0.3 is 88.1 Å². The molecule has 0 saturated heterocycles. The van der Waals surface area contributed by atoms with E-state index >= 15 is 0 Å². The molecule has 0 aromatic heterocycles. The first-order valence-corrected chi connectivity index (χ1v) is 28.6. The molecule has 0 rings (SSSR count). The Morgan fingerprint density at radius 2 is 0.952 bits per heavy atom. The molecular weight excluding hydrogens is 1070 g/mol. The van der Waals surface area contributed by atoms with Gasteiger partial charge in [-0.15, -0.1) is 0 Å². The highest BCUT2D eigenvalue weighted by molar-refractivity contribution is 5.86. The van der Waals surface area contributed by atoms with Crippen LogP contribution >= 0.6 is 0 Å². The zero-order chi connectivity index (χ0) is 62.7. The number of carboxylic acid groups (broad SMARTS) is 1. The van der Waals surface area contributed by atoms with Gasteiger partial charge >= 0.3 is 5.97 Å². The summed E-state index contributed by atoms with van der Waals surface area (Å²) >= 11 is 0. The van der Waals surface area contributed by atoms with Crippen molar-refractivity contribution in [2.24, 2.45) is 34.2 Å². The summed E-state index contributed by atoms with van der Waals surface area (Å²) in [6.45, 7) is 7.08. The average Bonchev–Trinajstić information content (AvgIpc) is 3.42. The molecule has 19 N–H and O–H groups in total. The number of allylic oxidation sites excluding steroid dienone is 16. The highest BCUT2D eigenvalue weighted by Gasteiger charge is 2.29. The third kappa shape index (κ3) is 41.4. The van der Waals surface area contributed by atoms with Gasteiger partial charge in [-0.05, 0) is 64.7 Å². The molecule has 83 heavy (non-hydrogen) atoms. The number of aliphatic carboxylic acids is 1. The number of nitrogens with zero attached hydrogens (tertiary/aromatic N) is 1. The molecule has 0 heterocycles. The van der Waals surface area contributed by atoms with Gasteiger partial charge in [0.2, 0.25) is 0 Å². The van der Waals surface area contributed by atoms with Crippen LogP contribution < -0.4 is 11.5 Å². The molecule has 0 amide bonds. The van der Waals surface area contributed by atoms with Crippen molar-refractivity contribution in [3.63, 3.8) is 0 Å². The van der Waals surface area contributed by atoms with E-state index in [0.29, 0.717) is 19.4 Å². The second-order valence-electron chi connectivity index (χ2n) is 21.2. The van der Waals surface area contributed by atoms with E-state index in [-0.39, 0.29) is 87.4 Å². The zero-order valence-corrected chi connectivity index (χ0v) is 48.8. The van der Waals surface area contributed by atoms with E-state index in [9.17, 15) is 81.1 Å². The SMILES string of the molecule is C\C(=C/C=C/C=C/CC/C=C/C(C)C(O)C(C)C(O)/C=C/C=C/C=C/C=C/C=C/C=C/CC(O)C(C)C(=O)CC(O)CC(O)/C=C/CC(O)CC(O)CC(O)/C=C/CC(O)CC(O)C(O)C(O)CC(O)CC(O)CCCN=C(N)N)C(=O)O. The molecule has 0 aromatic rings. The lowest BCUT2D eigenvalue weighted by molar-refractivity contribution is -0.132. The average molecular weight is 1170 g/mol. The van der Waals surface area contributed by atoms with Gasteiger partial charge in [-0.3, -0.25) is 9.79 Å². The Morgan fingerprint density at radius 3 is 1.53 bits per heavy atom. The smallest absolute Gasteiger partial charge is 0.331 e. The number of aliphatic hydroxyl groups is 14. The standard InChI is InChI=1S/C63H101N3O17/c1-43(26-19-15-11-10-12-16-20-27-44(2)62(82)83)60(80)46(4)56(76)34-22-18-14-9-7-5-6-8-13-17-21-33-55(75)45(3)57(77)41-53(73)38-49(69)29-23-28-47(67)36-52(72)37-48(68)30-24-31-51(71)40-58(78)61(81)59(79)42-54(74)39-50(70)32-25-35-66-63(64)65/h5-10,12-14,16-24,26-27,29-30,34,43,45-56,58-61,67-76,78-81H,11,15,25,28,31-33,35-42H2,1-4H3,(H,82,83)(H4,64,65,66)/b6-5+,9-7+,12-10+,13-8+,18-14+,20-16+,21-17+,26-19+,29-23+,30-24+,34-22+,44-27+. The Bertz CT molecular complexity index is 2160. The van der Waals surface area contributed by atoms with Gasteiger partial charge in [-0.1, -0.05) is 161 Å². The number of ketones is 1. The van der Waals surface area contributed by atoms with Crippen LogP contribution in [0.2, 0.25) is 0 Å². The summed E-state index contributed by atoms with van der Waals surface area (Å²) in [5.41, 5.74) is 10.8. The number of unbranched alkanes of at least 4 members (excludes halogenated alkanes) is 1. The van der Waals surface area contributed by atoms with Crippen molar-refractivity contribution in [1.82, 2.24) is 0 Å². The van der Waals surface area contributed by atoms with Gasteiger partial charge in [-0.2, -0.15) is 0 Å². The zero-order valence-electron chi connectivity index (χ0n) is 48.8. The number of carbonyl (C=O) groups is 2. The normalized spacial score (nSPS) is 19.6. The van der Waals surface area contributed by atoms with Gasteiger partial charge in [0.1, 0.15) is 11.9 Å². The molecule has 0 aliphatic rings. The summed E-state index contributed by atoms with van der Waals surface area (Å²) < 4.78 is 0. The Morgan fingerprint density at radius 1 is 0.470 bits per heavy atom. The first kappa shape index (κ1) is 77.7. The molecule has 0 saturated carbocycles. The second kappa shape index (κ2) is 47.0. The largest absolute Gasteiger partial charge is 0.478 e. The number of aliphatic hydroxyl groups excluding tert-OH is 14. The molecule has 0 fully saturated rings. The van der Waals surface area contributed by atoms with Crippen LogP contribution in [0.1, 0.15) is 118 Å². The van der Waals surface area contributed by atoms with Crippen molar-refractivity contribution < 1.29 is 86.2 Å². The molecule has 0 aliphatic carbocycles. The summed E-state index contributed by atoms with van der Waals surface area (Å²) in [7, 11) is 0. The van der Waals surface area contributed by atoms with Gasteiger partial charge in [0.05, 0.1) is 79.4 Å². The molecule has 20 nitrogen and oxygen atoms in total. The first-order chi connectivity index (χ1) is 39.2. The fourth-order valence-electron chi connectivity index (χ4n) is 8.15. The molecular formula is C63H101N3O17. The Hall–Kier alpha value is -5.27. The fourth-order valence-corrected chi connectivity index (χ4v) is 8.15. The highest BCUT2D eigenvalue weighted by atomic mass is 16.4. The van der Waals surface area contributed by atoms with E-state index in [1.165, 1.54) is 37.3 Å². The predicted molar refractivity (Wildman–Crippen MR) is 324 cm³/mol. The monoisotopic (exact) mass is 1170 g/mol. The molecule has 20 heteroatoms. The number of guanidine groups is 1. The number of aliphatic imine (C=N–C) groups is 1. The van der Waals surface area contributed by atoms with Gasteiger partial charge in [0.15, 0.2) is 5.96 Å². The Kier molecular flexibility index (Phi) is 44.0. The molecule has 17 unspecified atom stereocenters. The van der Waals surface area contributed by atoms with Crippen LogP contribution in [0, 0.1) is 17.8 Å². The molecule has 0 bridgehead atoms. The summed E-state index contributed by atoms with van der Waals surface area (Å²) in [5.74, 6) is -2.74. The van der Waals surface area contributed by atoms with Crippen LogP contribution in [-0.2, 0) is 9.59 Å². The summed E-state index contributed by atoms with van der Waals surface area (Å²) in [6, 6.07) is 0. The van der Waals surface area contributed by atoms with Crippen molar-refractivity contribution in [3.8, 4) is 0 Å². The molecule has 0 aromatic carbocycles. The minimum absolute atomic E-state index is 0.0330. The maximum Gasteiger partial charge on any atom is 0.331 e. The van der Waals surface area contributed by atoms with E-state index in [1.807, 2.05) is 49.5 Å². The van der Waals surface area contributed by atoms with Gasteiger partial charge in [0.25, 0.3) is 0 Å². The van der Waals surface area contributed by atoms with Crippen LogP contribution in [0.4, 0.5) is 0 Å². The minimum atomic E-state index is -1.70. The number of hydrogen-bond donors (Lipinski definition) is 17. The lowest BCUT2D eigenvalue weighted by atomic mass is 9.88. The van der Waals surface area contributed by atoms with E-state index in [2.05, 4.69) is 4.99 Å². The molecule has 0 radical (unpaired) electrons. The second-order valence-corrected chi connectivity index (χ2v) is 21.2. The van der Waals surface area contributed by atoms with Gasteiger partial charge in [-0.25, -0.2) is 4.79 Å². The lowest BCUT2D eigenvalue weighted by Crippen LogP contribution is -2.41. The van der Waals surface area contributed by atoms with E-state index < -0.39 is 103 Å². The Labute approximate surface area is 491 Å². The summed E-state index contributed by atoms with van der Waals surface area (Å²) in [4.78, 5) is 27.4. The number of carboxylic acids is 1. The van der Waals surface area contributed by atoms with E-state index in [0.717, 1.165) is 12.8 Å². The topological polar surface area (TPSA) is 402 Å². The molecule has 17 atom stereocenters.